The minimum absolute atomic E-state index is 0.108. The highest BCUT2D eigenvalue weighted by Gasteiger charge is 2.27. The van der Waals surface area contributed by atoms with Gasteiger partial charge in [-0.15, -0.1) is 0 Å². The van der Waals surface area contributed by atoms with Crippen molar-refractivity contribution < 1.29 is 17.9 Å². The van der Waals surface area contributed by atoms with E-state index in [-0.39, 0.29) is 4.90 Å². The third-order valence-electron chi connectivity index (χ3n) is 4.71. The Balaban J connectivity index is 1.82. The second-order valence-electron chi connectivity index (χ2n) is 7.23. The largest absolute Gasteiger partial charge is 0.497 e. The van der Waals surface area contributed by atoms with Crippen molar-refractivity contribution in [2.24, 2.45) is 5.10 Å². The van der Waals surface area contributed by atoms with E-state index in [0.29, 0.717) is 11.4 Å². The fourth-order valence-corrected chi connectivity index (χ4v) is 4.35. The lowest BCUT2D eigenvalue weighted by Gasteiger charge is -2.24. The van der Waals surface area contributed by atoms with E-state index in [1.807, 2.05) is 13.8 Å². The van der Waals surface area contributed by atoms with Crippen molar-refractivity contribution in [3.63, 3.8) is 0 Å². The topological polar surface area (TPSA) is 88.1 Å². The maximum absolute atomic E-state index is 13.3. The molecular formula is C24H25N3O4S. The number of hydrazone groups is 1. The van der Waals surface area contributed by atoms with Crippen LogP contribution in [0.15, 0.2) is 82.8 Å². The normalized spacial score (nSPS) is 11.3. The van der Waals surface area contributed by atoms with Gasteiger partial charge in [-0.25, -0.2) is 13.8 Å². The molecule has 0 radical (unpaired) electrons. The molecule has 0 aliphatic heterocycles. The quantitative estimate of drug-likeness (QED) is 0.418. The summed E-state index contributed by atoms with van der Waals surface area (Å²) in [7, 11) is -2.40. The van der Waals surface area contributed by atoms with Crippen LogP contribution in [0.25, 0.3) is 0 Å². The first-order valence-corrected chi connectivity index (χ1v) is 11.4. The van der Waals surface area contributed by atoms with Crippen LogP contribution < -0.4 is 14.5 Å². The summed E-state index contributed by atoms with van der Waals surface area (Å²) in [5, 5.41) is 3.94. The predicted molar refractivity (Wildman–Crippen MR) is 126 cm³/mol. The molecule has 32 heavy (non-hydrogen) atoms. The first-order valence-electron chi connectivity index (χ1n) is 9.91. The first kappa shape index (κ1) is 23.0. The van der Waals surface area contributed by atoms with E-state index in [2.05, 4.69) is 10.5 Å². The number of nitrogens with zero attached hydrogens (tertiary/aromatic N) is 2. The number of nitrogens with one attached hydrogen (secondary N) is 1. The molecule has 0 bridgehead atoms. The van der Waals surface area contributed by atoms with Crippen LogP contribution in [0.3, 0.4) is 0 Å². The zero-order valence-corrected chi connectivity index (χ0v) is 19.0. The van der Waals surface area contributed by atoms with Crippen LogP contribution in [-0.4, -0.2) is 34.2 Å². The van der Waals surface area contributed by atoms with Crippen molar-refractivity contribution in [1.29, 1.82) is 0 Å². The summed E-state index contributed by atoms with van der Waals surface area (Å²) in [6.07, 6.45) is 1.46. The lowest BCUT2D eigenvalue weighted by atomic mass is 10.2. The van der Waals surface area contributed by atoms with Gasteiger partial charge in [0, 0.05) is 0 Å². The summed E-state index contributed by atoms with van der Waals surface area (Å²) in [6, 6.07) is 20.6. The minimum Gasteiger partial charge on any atom is -0.497 e. The van der Waals surface area contributed by atoms with Crippen LogP contribution in [0.4, 0.5) is 5.69 Å². The van der Waals surface area contributed by atoms with Crippen molar-refractivity contribution in [2.45, 2.75) is 18.7 Å². The molecule has 0 heterocycles. The number of hydrogen-bond acceptors (Lipinski definition) is 5. The van der Waals surface area contributed by atoms with Crippen LogP contribution in [0, 0.1) is 13.8 Å². The summed E-state index contributed by atoms with van der Waals surface area (Å²) in [5.74, 6) is 0.0930. The Kier molecular flexibility index (Phi) is 7.27. The van der Waals surface area contributed by atoms with Gasteiger partial charge in [-0.05, 0) is 55.8 Å². The molecule has 0 spiro atoms. The van der Waals surface area contributed by atoms with Gasteiger partial charge >= 0.3 is 0 Å². The smallest absolute Gasteiger partial charge is 0.264 e. The van der Waals surface area contributed by atoms with E-state index >= 15 is 0 Å². The molecule has 3 aromatic rings. The molecule has 8 heteroatoms. The average molecular weight is 452 g/mol. The van der Waals surface area contributed by atoms with Crippen LogP contribution in [0.2, 0.25) is 0 Å². The van der Waals surface area contributed by atoms with Gasteiger partial charge in [-0.1, -0.05) is 47.5 Å². The van der Waals surface area contributed by atoms with Crippen LogP contribution in [0.1, 0.15) is 16.7 Å². The highest BCUT2D eigenvalue weighted by atomic mass is 32.2. The number of sulfonamides is 1. The summed E-state index contributed by atoms with van der Waals surface area (Å²) < 4.78 is 32.9. The molecule has 0 aromatic heterocycles. The molecule has 1 amide bonds. The zero-order valence-electron chi connectivity index (χ0n) is 18.1. The molecule has 0 unspecified atom stereocenters. The molecule has 3 rings (SSSR count). The highest BCUT2D eigenvalue weighted by molar-refractivity contribution is 7.92. The predicted octanol–water partition coefficient (Wildman–Crippen LogP) is 3.66. The van der Waals surface area contributed by atoms with E-state index < -0.39 is 22.5 Å². The molecule has 7 nitrogen and oxygen atoms in total. The van der Waals surface area contributed by atoms with E-state index in [1.54, 1.807) is 67.8 Å². The van der Waals surface area contributed by atoms with Gasteiger partial charge < -0.3 is 4.74 Å². The molecule has 0 aliphatic rings. The average Bonchev–Trinajstić information content (AvgIpc) is 2.78. The molecule has 0 atom stereocenters. The number of hydrogen-bond donors (Lipinski definition) is 1. The second-order valence-corrected chi connectivity index (χ2v) is 9.09. The Hall–Kier alpha value is -3.65. The molecule has 0 saturated heterocycles. The van der Waals surface area contributed by atoms with E-state index in [1.165, 1.54) is 18.3 Å². The van der Waals surface area contributed by atoms with Crippen molar-refractivity contribution >= 4 is 27.8 Å². The number of amides is 1. The van der Waals surface area contributed by atoms with Crippen molar-refractivity contribution in [3.05, 3.63) is 89.5 Å². The summed E-state index contributed by atoms with van der Waals surface area (Å²) in [6.45, 7) is 3.36. The number of methoxy groups -OCH3 is 1. The molecule has 166 valence electrons. The van der Waals surface area contributed by atoms with Crippen molar-refractivity contribution in [3.8, 4) is 5.75 Å². The third-order valence-corrected chi connectivity index (χ3v) is 6.50. The standard InChI is InChI=1S/C24H25N3O4S/c1-18-7-11-21(12-8-18)27(32(29,30)23-13-9-19(2)10-14-23)17-24(28)26-25-16-20-5-4-6-22(15-20)31-3/h4-16H,17H2,1-3H3,(H,26,28)/b25-16-. The third kappa shape index (κ3) is 5.73. The molecule has 0 fully saturated rings. The number of anilines is 1. The van der Waals surface area contributed by atoms with Crippen LogP contribution in [-0.2, 0) is 14.8 Å². The molecule has 0 aliphatic carbocycles. The Morgan fingerprint density at radius 3 is 2.25 bits per heavy atom. The number of ether oxygens (including phenoxy) is 1. The van der Waals surface area contributed by atoms with Gasteiger partial charge in [0.05, 0.1) is 23.9 Å². The number of rotatable bonds is 8. The van der Waals surface area contributed by atoms with Crippen LogP contribution in [0.5, 0.6) is 5.75 Å². The lowest BCUT2D eigenvalue weighted by Crippen LogP contribution is -2.39. The van der Waals surface area contributed by atoms with Gasteiger partial charge in [0.1, 0.15) is 12.3 Å². The van der Waals surface area contributed by atoms with Crippen molar-refractivity contribution in [1.82, 2.24) is 5.43 Å². The SMILES string of the molecule is COc1cccc(/C=N\NC(=O)CN(c2ccc(C)cc2)S(=O)(=O)c2ccc(C)cc2)c1. The maximum Gasteiger partial charge on any atom is 0.264 e. The van der Waals surface area contributed by atoms with Gasteiger partial charge in [-0.2, -0.15) is 5.10 Å². The Labute approximate surface area is 188 Å². The zero-order chi connectivity index (χ0) is 23.1. The Morgan fingerprint density at radius 1 is 1.00 bits per heavy atom. The fourth-order valence-electron chi connectivity index (χ4n) is 2.93. The fraction of sp³-hybridized carbons (Fsp3) is 0.167. The summed E-state index contributed by atoms with van der Waals surface area (Å²) in [5.41, 5.74) is 5.44. The highest BCUT2D eigenvalue weighted by Crippen LogP contribution is 2.24. The van der Waals surface area contributed by atoms with Gasteiger partial charge in [0.2, 0.25) is 0 Å². The molecule has 0 saturated carbocycles. The van der Waals surface area contributed by atoms with Crippen molar-refractivity contribution in [2.75, 3.05) is 18.0 Å². The van der Waals surface area contributed by atoms with E-state index in [4.69, 9.17) is 4.74 Å². The van der Waals surface area contributed by atoms with E-state index in [9.17, 15) is 13.2 Å². The maximum atomic E-state index is 13.3. The molecule has 3 aromatic carbocycles. The minimum atomic E-state index is -3.96. The molecular weight excluding hydrogens is 426 g/mol. The lowest BCUT2D eigenvalue weighted by molar-refractivity contribution is -0.119. The monoisotopic (exact) mass is 451 g/mol. The first-order chi connectivity index (χ1) is 15.3. The van der Waals surface area contributed by atoms with Gasteiger partial charge in [-0.3, -0.25) is 9.10 Å². The number of aryl methyl sites for hydroxylation is 2. The Morgan fingerprint density at radius 2 is 1.62 bits per heavy atom. The van der Waals surface area contributed by atoms with Gasteiger partial charge in [0.25, 0.3) is 15.9 Å². The number of benzene rings is 3. The molecule has 1 N–H and O–H groups in total. The summed E-state index contributed by atoms with van der Waals surface area (Å²) >= 11 is 0. The Bertz CT molecular complexity index is 1200. The van der Waals surface area contributed by atoms with E-state index in [0.717, 1.165) is 21.0 Å². The number of carbonyl (C=O) groups is 1. The number of carbonyl (C=O) groups excluding carboxylic acids is 1. The van der Waals surface area contributed by atoms with Crippen LogP contribution >= 0.6 is 0 Å². The van der Waals surface area contributed by atoms with Gasteiger partial charge in [0.15, 0.2) is 0 Å². The summed E-state index contributed by atoms with van der Waals surface area (Å²) in [4.78, 5) is 12.7. The second kappa shape index (κ2) is 10.1.